The second kappa shape index (κ2) is 8.38. The molecule has 0 aliphatic heterocycles. The van der Waals surface area contributed by atoms with E-state index in [0.29, 0.717) is 0 Å². The van der Waals surface area contributed by atoms with Gasteiger partial charge in [0.15, 0.2) is 0 Å². The molecule has 0 bridgehead atoms. The Labute approximate surface area is 177 Å². The standard InChI is InChI=1S/C25H24N2O2S/c1-19-9-8-14-24(26-19)18-27(20(2)21-10-4-3-5-11-21)30(28,29)25-16-15-22-12-6-7-13-23(22)17-25/h3-17,20H,18H2,1-2H3. The average molecular weight is 417 g/mol. The van der Waals surface area contributed by atoms with Gasteiger partial charge in [-0.2, -0.15) is 4.31 Å². The first-order chi connectivity index (χ1) is 14.4. The van der Waals surface area contributed by atoms with Crippen LogP contribution < -0.4 is 0 Å². The maximum atomic E-state index is 13.8. The maximum Gasteiger partial charge on any atom is 0.244 e. The van der Waals surface area contributed by atoms with Gasteiger partial charge in [0, 0.05) is 11.7 Å². The molecule has 0 saturated heterocycles. The Hall–Kier alpha value is -3.02. The molecule has 0 radical (unpaired) electrons. The normalized spacial score (nSPS) is 12.9. The summed E-state index contributed by atoms with van der Waals surface area (Å²) >= 11 is 0. The number of benzene rings is 3. The Balaban J connectivity index is 1.80. The zero-order valence-electron chi connectivity index (χ0n) is 17.1. The van der Waals surface area contributed by atoms with Crippen LogP contribution in [-0.4, -0.2) is 17.7 Å². The molecular formula is C25H24N2O2S. The fraction of sp³-hybridized carbons (Fsp3) is 0.160. The number of aryl methyl sites for hydroxylation is 1. The van der Waals surface area contributed by atoms with Gasteiger partial charge in [0.1, 0.15) is 0 Å². The number of fused-ring (bicyclic) bond motifs is 1. The zero-order chi connectivity index (χ0) is 21.1. The highest BCUT2D eigenvalue weighted by Crippen LogP contribution is 2.30. The van der Waals surface area contributed by atoms with E-state index in [2.05, 4.69) is 4.98 Å². The Morgan fingerprint density at radius 3 is 2.27 bits per heavy atom. The molecule has 0 aliphatic rings. The van der Waals surface area contributed by atoms with E-state index in [1.54, 1.807) is 12.1 Å². The van der Waals surface area contributed by atoms with Gasteiger partial charge in [-0.1, -0.05) is 66.7 Å². The molecule has 4 nitrogen and oxygen atoms in total. The third-order valence-corrected chi connectivity index (χ3v) is 7.22. The van der Waals surface area contributed by atoms with Crippen LogP contribution in [0.5, 0.6) is 0 Å². The Morgan fingerprint density at radius 2 is 1.53 bits per heavy atom. The molecule has 1 unspecified atom stereocenters. The van der Waals surface area contributed by atoms with Crippen LogP contribution >= 0.6 is 0 Å². The van der Waals surface area contributed by atoms with E-state index in [1.165, 1.54) is 4.31 Å². The first-order valence-corrected chi connectivity index (χ1v) is 11.4. The zero-order valence-corrected chi connectivity index (χ0v) is 17.9. The van der Waals surface area contributed by atoms with Crippen LogP contribution in [0.1, 0.15) is 29.9 Å². The van der Waals surface area contributed by atoms with Crippen LogP contribution in [0.4, 0.5) is 0 Å². The van der Waals surface area contributed by atoms with Crippen molar-refractivity contribution in [2.45, 2.75) is 31.3 Å². The van der Waals surface area contributed by atoms with Crippen molar-refractivity contribution >= 4 is 20.8 Å². The summed E-state index contributed by atoms with van der Waals surface area (Å²) in [5.74, 6) is 0. The second-order valence-corrected chi connectivity index (χ2v) is 9.31. The van der Waals surface area contributed by atoms with Crippen molar-refractivity contribution in [3.8, 4) is 0 Å². The third kappa shape index (κ3) is 4.13. The van der Waals surface area contributed by atoms with E-state index < -0.39 is 10.0 Å². The molecule has 152 valence electrons. The molecule has 1 atom stereocenters. The molecule has 0 amide bonds. The average Bonchev–Trinajstić information content (AvgIpc) is 2.77. The van der Waals surface area contributed by atoms with Gasteiger partial charge in [-0.25, -0.2) is 8.42 Å². The van der Waals surface area contributed by atoms with Crippen molar-refractivity contribution in [3.05, 3.63) is 108 Å². The first kappa shape index (κ1) is 20.3. The smallest absolute Gasteiger partial charge is 0.244 e. The van der Waals surface area contributed by atoms with Crippen molar-refractivity contribution in [1.82, 2.24) is 9.29 Å². The number of aromatic nitrogens is 1. The van der Waals surface area contributed by atoms with E-state index in [0.717, 1.165) is 27.7 Å². The lowest BCUT2D eigenvalue weighted by atomic mass is 10.1. The topological polar surface area (TPSA) is 50.3 Å². The largest absolute Gasteiger partial charge is 0.257 e. The summed E-state index contributed by atoms with van der Waals surface area (Å²) < 4.78 is 29.1. The minimum Gasteiger partial charge on any atom is -0.257 e. The highest BCUT2D eigenvalue weighted by atomic mass is 32.2. The van der Waals surface area contributed by atoms with E-state index >= 15 is 0 Å². The maximum absolute atomic E-state index is 13.8. The molecule has 3 aromatic carbocycles. The van der Waals surface area contributed by atoms with Gasteiger partial charge in [-0.05, 0) is 54.4 Å². The number of hydrogen-bond donors (Lipinski definition) is 0. The summed E-state index contributed by atoms with van der Waals surface area (Å²) in [7, 11) is -3.76. The molecule has 4 aromatic rings. The van der Waals surface area contributed by atoms with E-state index in [9.17, 15) is 8.42 Å². The third-order valence-electron chi connectivity index (χ3n) is 5.31. The van der Waals surface area contributed by atoms with Gasteiger partial charge in [0.05, 0.1) is 17.1 Å². The predicted molar refractivity (Wildman–Crippen MR) is 121 cm³/mol. The minimum atomic E-state index is -3.76. The molecule has 0 saturated carbocycles. The lowest BCUT2D eigenvalue weighted by Crippen LogP contribution is -2.33. The predicted octanol–water partition coefficient (Wildman–Crippen LogP) is 5.50. The van der Waals surface area contributed by atoms with Gasteiger partial charge in [-0.3, -0.25) is 4.98 Å². The Morgan fingerprint density at radius 1 is 0.833 bits per heavy atom. The summed E-state index contributed by atoms with van der Waals surface area (Å²) in [5, 5.41) is 1.92. The van der Waals surface area contributed by atoms with Crippen LogP contribution in [0.3, 0.4) is 0 Å². The summed E-state index contributed by atoms with van der Waals surface area (Å²) in [5.41, 5.74) is 2.53. The highest BCUT2D eigenvalue weighted by Gasteiger charge is 2.30. The fourth-order valence-corrected chi connectivity index (χ4v) is 5.27. The molecule has 4 rings (SSSR count). The molecule has 5 heteroatoms. The van der Waals surface area contributed by atoms with Crippen molar-refractivity contribution in [3.63, 3.8) is 0 Å². The summed E-state index contributed by atoms with van der Waals surface area (Å²) in [4.78, 5) is 4.83. The lowest BCUT2D eigenvalue weighted by molar-refractivity contribution is 0.332. The first-order valence-electron chi connectivity index (χ1n) is 9.93. The van der Waals surface area contributed by atoms with Gasteiger partial charge in [0.25, 0.3) is 0 Å². The van der Waals surface area contributed by atoms with Crippen molar-refractivity contribution in [2.24, 2.45) is 0 Å². The summed E-state index contributed by atoms with van der Waals surface area (Å²) in [6.07, 6.45) is 0. The second-order valence-electron chi connectivity index (χ2n) is 7.42. The summed E-state index contributed by atoms with van der Waals surface area (Å²) in [6.45, 7) is 4.03. The SMILES string of the molecule is Cc1cccc(CN(C(C)c2ccccc2)S(=O)(=O)c2ccc3ccccc3c2)n1. The number of hydrogen-bond acceptors (Lipinski definition) is 3. The van der Waals surface area contributed by atoms with Crippen LogP contribution in [-0.2, 0) is 16.6 Å². The van der Waals surface area contributed by atoms with Crippen LogP contribution in [0.2, 0.25) is 0 Å². The monoisotopic (exact) mass is 416 g/mol. The van der Waals surface area contributed by atoms with Crippen LogP contribution in [0.15, 0.2) is 95.9 Å². The van der Waals surface area contributed by atoms with Gasteiger partial charge < -0.3 is 0 Å². The number of nitrogens with zero attached hydrogens (tertiary/aromatic N) is 2. The minimum absolute atomic E-state index is 0.201. The molecule has 0 aliphatic carbocycles. The molecule has 0 fully saturated rings. The quantitative estimate of drug-likeness (QED) is 0.417. The van der Waals surface area contributed by atoms with E-state index in [4.69, 9.17) is 0 Å². The Bertz CT molecular complexity index is 1270. The number of sulfonamides is 1. The van der Waals surface area contributed by atoms with E-state index in [1.807, 2.05) is 92.7 Å². The van der Waals surface area contributed by atoms with E-state index in [-0.39, 0.29) is 17.5 Å². The summed E-state index contributed by atoms with van der Waals surface area (Å²) in [6, 6.07) is 28.1. The molecular weight excluding hydrogens is 392 g/mol. The van der Waals surface area contributed by atoms with Gasteiger partial charge in [-0.15, -0.1) is 0 Å². The van der Waals surface area contributed by atoms with Gasteiger partial charge in [0.2, 0.25) is 10.0 Å². The molecule has 0 N–H and O–H groups in total. The molecule has 0 spiro atoms. The van der Waals surface area contributed by atoms with Crippen molar-refractivity contribution < 1.29 is 8.42 Å². The van der Waals surface area contributed by atoms with Crippen LogP contribution in [0, 0.1) is 6.92 Å². The fourth-order valence-electron chi connectivity index (χ4n) is 3.64. The number of pyridine rings is 1. The Kier molecular flexibility index (Phi) is 5.66. The number of rotatable bonds is 6. The van der Waals surface area contributed by atoms with Crippen molar-refractivity contribution in [1.29, 1.82) is 0 Å². The molecule has 1 aromatic heterocycles. The van der Waals surface area contributed by atoms with Crippen molar-refractivity contribution in [2.75, 3.05) is 0 Å². The highest BCUT2D eigenvalue weighted by molar-refractivity contribution is 7.89. The molecule has 1 heterocycles. The lowest BCUT2D eigenvalue weighted by Gasteiger charge is -2.29. The van der Waals surface area contributed by atoms with Gasteiger partial charge >= 0.3 is 0 Å². The molecule has 30 heavy (non-hydrogen) atoms. The van der Waals surface area contributed by atoms with Crippen LogP contribution in [0.25, 0.3) is 10.8 Å².